The Bertz CT molecular complexity index is 443. The zero-order valence-electron chi connectivity index (χ0n) is 10.6. The number of halogens is 5. The molecular weight excluding hydrogens is 279 g/mol. The Morgan fingerprint density at radius 3 is 1.90 bits per heavy atom. The SMILES string of the molecule is OC(c1cc(F)cc(F)c1)C1CCC(C(F)(F)F)CC1. The topological polar surface area (TPSA) is 20.2 Å². The van der Waals surface area contributed by atoms with Crippen LogP contribution in [0.15, 0.2) is 18.2 Å². The first kappa shape index (κ1) is 15.2. The molecule has 0 saturated heterocycles. The van der Waals surface area contributed by atoms with Crippen LogP contribution in [0.5, 0.6) is 0 Å². The molecule has 20 heavy (non-hydrogen) atoms. The summed E-state index contributed by atoms with van der Waals surface area (Å²) in [5.74, 6) is -3.34. The molecule has 1 saturated carbocycles. The van der Waals surface area contributed by atoms with Crippen LogP contribution in [0, 0.1) is 23.5 Å². The van der Waals surface area contributed by atoms with Crippen LogP contribution in [0.4, 0.5) is 22.0 Å². The van der Waals surface area contributed by atoms with E-state index in [1.54, 1.807) is 0 Å². The van der Waals surface area contributed by atoms with E-state index in [1.165, 1.54) is 0 Å². The molecule has 1 aromatic rings. The lowest BCUT2D eigenvalue weighted by Gasteiger charge is -2.32. The summed E-state index contributed by atoms with van der Waals surface area (Å²) in [6.07, 6.45) is -5.05. The van der Waals surface area contributed by atoms with Gasteiger partial charge in [0.25, 0.3) is 0 Å². The first-order chi connectivity index (χ1) is 9.27. The predicted molar refractivity (Wildman–Crippen MR) is 62.8 cm³/mol. The summed E-state index contributed by atoms with van der Waals surface area (Å²) in [6.45, 7) is 0. The van der Waals surface area contributed by atoms with E-state index in [0.717, 1.165) is 12.1 Å². The molecule has 1 aromatic carbocycles. The lowest BCUT2D eigenvalue weighted by atomic mass is 9.77. The first-order valence-electron chi connectivity index (χ1n) is 6.48. The molecule has 0 aliphatic heterocycles. The van der Waals surface area contributed by atoms with Crippen molar-refractivity contribution in [2.75, 3.05) is 0 Å². The van der Waals surface area contributed by atoms with Gasteiger partial charge in [-0.15, -0.1) is 0 Å². The Morgan fingerprint density at radius 1 is 0.950 bits per heavy atom. The van der Waals surface area contributed by atoms with Gasteiger partial charge in [-0.1, -0.05) is 0 Å². The zero-order valence-corrected chi connectivity index (χ0v) is 10.6. The highest BCUT2D eigenvalue weighted by Crippen LogP contribution is 2.43. The Labute approximate surface area is 113 Å². The summed E-state index contributed by atoms with van der Waals surface area (Å²) in [6, 6.07) is 2.73. The van der Waals surface area contributed by atoms with Gasteiger partial charge in [0.1, 0.15) is 11.6 Å². The van der Waals surface area contributed by atoms with Crippen molar-refractivity contribution >= 4 is 0 Å². The molecule has 1 aliphatic rings. The van der Waals surface area contributed by atoms with Crippen molar-refractivity contribution in [2.45, 2.75) is 38.0 Å². The number of alkyl halides is 3. The van der Waals surface area contributed by atoms with Crippen molar-refractivity contribution in [1.29, 1.82) is 0 Å². The maximum atomic E-state index is 13.1. The maximum Gasteiger partial charge on any atom is 0.391 e. The van der Waals surface area contributed by atoms with E-state index >= 15 is 0 Å². The van der Waals surface area contributed by atoms with Crippen molar-refractivity contribution in [3.05, 3.63) is 35.4 Å². The molecule has 1 unspecified atom stereocenters. The van der Waals surface area contributed by atoms with Crippen LogP contribution in [0.1, 0.15) is 37.4 Å². The molecule has 0 amide bonds. The fourth-order valence-electron chi connectivity index (χ4n) is 2.78. The van der Waals surface area contributed by atoms with Crippen LogP contribution < -0.4 is 0 Å². The molecule has 0 radical (unpaired) electrons. The van der Waals surface area contributed by atoms with Crippen molar-refractivity contribution in [3.63, 3.8) is 0 Å². The molecule has 0 heterocycles. The van der Waals surface area contributed by atoms with Gasteiger partial charge in [0.05, 0.1) is 12.0 Å². The number of benzene rings is 1. The van der Waals surface area contributed by atoms with Crippen LogP contribution in [0.2, 0.25) is 0 Å². The monoisotopic (exact) mass is 294 g/mol. The second-order valence-corrected chi connectivity index (χ2v) is 5.30. The Kier molecular flexibility index (Phi) is 4.32. The minimum atomic E-state index is -4.21. The largest absolute Gasteiger partial charge is 0.391 e. The van der Waals surface area contributed by atoms with Crippen molar-refractivity contribution in [1.82, 2.24) is 0 Å². The molecular formula is C14H15F5O. The van der Waals surface area contributed by atoms with Gasteiger partial charge in [-0.2, -0.15) is 13.2 Å². The summed E-state index contributed by atoms with van der Waals surface area (Å²) in [7, 11) is 0. The number of aliphatic hydroxyl groups is 1. The summed E-state index contributed by atoms with van der Waals surface area (Å²) >= 11 is 0. The van der Waals surface area contributed by atoms with Gasteiger partial charge >= 0.3 is 6.18 Å². The normalized spacial score (nSPS) is 25.5. The van der Waals surface area contributed by atoms with E-state index in [4.69, 9.17) is 0 Å². The van der Waals surface area contributed by atoms with Gasteiger partial charge in [0.15, 0.2) is 0 Å². The minimum absolute atomic E-state index is 0.0526. The van der Waals surface area contributed by atoms with E-state index < -0.39 is 35.8 Å². The molecule has 1 atom stereocenters. The van der Waals surface area contributed by atoms with Gasteiger partial charge in [-0.25, -0.2) is 8.78 Å². The predicted octanol–water partition coefficient (Wildman–Crippen LogP) is 4.37. The van der Waals surface area contributed by atoms with Crippen molar-refractivity contribution in [3.8, 4) is 0 Å². The van der Waals surface area contributed by atoms with Crippen LogP contribution in [0.25, 0.3) is 0 Å². The third kappa shape index (κ3) is 3.48. The molecule has 1 aliphatic carbocycles. The molecule has 1 fully saturated rings. The standard InChI is InChI=1S/C14H15F5O/c15-11-5-9(6-12(16)7-11)13(20)8-1-3-10(4-2-8)14(17,18)19/h5-8,10,13,20H,1-4H2. The highest BCUT2D eigenvalue weighted by atomic mass is 19.4. The van der Waals surface area contributed by atoms with E-state index in [-0.39, 0.29) is 31.2 Å². The van der Waals surface area contributed by atoms with Gasteiger partial charge < -0.3 is 5.11 Å². The van der Waals surface area contributed by atoms with Crippen LogP contribution in [-0.4, -0.2) is 11.3 Å². The summed E-state index contributed by atoms with van der Waals surface area (Å²) in [5, 5.41) is 10.1. The van der Waals surface area contributed by atoms with Crippen molar-refractivity contribution < 1.29 is 27.1 Å². The molecule has 1 nitrogen and oxygen atoms in total. The lowest BCUT2D eigenvalue weighted by molar-refractivity contribution is -0.185. The fraction of sp³-hybridized carbons (Fsp3) is 0.571. The lowest BCUT2D eigenvalue weighted by Crippen LogP contribution is -2.29. The summed E-state index contributed by atoms with van der Waals surface area (Å²) < 4.78 is 63.8. The molecule has 0 spiro atoms. The molecule has 0 aromatic heterocycles. The van der Waals surface area contributed by atoms with E-state index in [0.29, 0.717) is 6.07 Å². The van der Waals surface area contributed by atoms with E-state index in [9.17, 15) is 27.1 Å². The highest BCUT2D eigenvalue weighted by Gasteiger charge is 2.42. The molecule has 112 valence electrons. The fourth-order valence-corrected chi connectivity index (χ4v) is 2.78. The van der Waals surface area contributed by atoms with Crippen LogP contribution >= 0.6 is 0 Å². The molecule has 2 rings (SSSR count). The summed E-state index contributed by atoms with van der Waals surface area (Å²) in [4.78, 5) is 0. The third-order valence-corrected chi connectivity index (χ3v) is 3.91. The molecule has 0 bridgehead atoms. The number of rotatable bonds is 2. The van der Waals surface area contributed by atoms with Gasteiger partial charge in [0.2, 0.25) is 0 Å². The van der Waals surface area contributed by atoms with Gasteiger partial charge in [0, 0.05) is 6.07 Å². The average Bonchev–Trinajstić information content (AvgIpc) is 2.36. The van der Waals surface area contributed by atoms with Gasteiger partial charge in [-0.3, -0.25) is 0 Å². The maximum absolute atomic E-state index is 13.1. The number of hydrogen-bond donors (Lipinski definition) is 1. The van der Waals surface area contributed by atoms with Crippen molar-refractivity contribution in [2.24, 2.45) is 11.8 Å². The highest BCUT2D eigenvalue weighted by molar-refractivity contribution is 5.20. The average molecular weight is 294 g/mol. The minimum Gasteiger partial charge on any atom is -0.388 e. The number of aliphatic hydroxyl groups excluding tert-OH is 1. The first-order valence-corrected chi connectivity index (χ1v) is 6.48. The third-order valence-electron chi connectivity index (χ3n) is 3.91. The van der Waals surface area contributed by atoms with E-state index in [2.05, 4.69) is 0 Å². The second-order valence-electron chi connectivity index (χ2n) is 5.30. The number of hydrogen-bond acceptors (Lipinski definition) is 1. The second kappa shape index (κ2) is 5.68. The van der Waals surface area contributed by atoms with E-state index in [1.807, 2.05) is 0 Å². The Morgan fingerprint density at radius 2 is 1.45 bits per heavy atom. The Hall–Kier alpha value is -1.17. The Balaban J connectivity index is 2.03. The van der Waals surface area contributed by atoms with Gasteiger partial charge in [-0.05, 0) is 49.3 Å². The molecule has 6 heteroatoms. The summed E-state index contributed by atoms with van der Waals surface area (Å²) in [5.41, 5.74) is 0.0814. The zero-order chi connectivity index (χ0) is 14.9. The van der Waals surface area contributed by atoms with Crippen LogP contribution in [-0.2, 0) is 0 Å². The quantitative estimate of drug-likeness (QED) is 0.803. The van der Waals surface area contributed by atoms with Crippen LogP contribution in [0.3, 0.4) is 0 Å². The smallest absolute Gasteiger partial charge is 0.388 e. The molecule has 1 N–H and O–H groups in total.